The van der Waals surface area contributed by atoms with Gasteiger partial charge in [0.2, 0.25) is 11.8 Å². The molecule has 0 saturated carbocycles. The first-order chi connectivity index (χ1) is 9.58. The minimum Gasteiger partial charge on any atom is -0.354 e. The van der Waals surface area contributed by atoms with E-state index in [0.29, 0.717) is 12.3 Å². The molecule has 1 unspecified atom stereocenters. The van der Waals surface area contributed by atoms with Crippen LogP contribution in [0.3, 0.4) is 0 Å². The number of anilines is 1. The Morgan fingerprint density at radius 2 is 2.25 bits per heavy atom. The predicted molar refractivity (Wildman–Crippen MR) is 80.8 cm³/mol. The van der Waals surface area contributed by atoms with Gasteiger partial charge in [0.05, 0.1) is 11.4 Å². The number of fused-ring (bicyclic) bond motifs is 1. The van der Waals surface area contributed by atoms with Gasteiger partial charge in [-0.1, -0.05) is 12.1 Å². The van der Waals surface area contributed by atoms with Crippen molar-refractivity contribution in [3.8, 4) is 0 Å². The zero-order valence-electron chi connectivity index (χ0n) is 11.5. The molecule has 0 radical (unpaired) electrons. The van der Waals surface area contributed by atoms with E-state index in [1.54, 1.807) is 4.90 Å². The summed E-state index contributed by atoms with van der Waals surface area (Å²) in [5.74, 6) is 0.196. The number of amides is 2. The van der Waals surface area contributed by atoms with Crippen molar-refractivity contribution in [1.82, 2.24) is 5.32 Å². The summed E-state index contributed by atoms with van der Waals surface area (Å²) in [6.07, 6.45) is 0.728. The minimum absolute atomic E-state index is 0.0314. The van der Waals surface area contributed by atoms with E-state index in [1.807, 2.05) is 31.2 Å². The topological polar surface area (TPSA) is 75.4 Å². The van der Waals surface area contributed by atoms with Crippen LogP contribution in [-0.4, -0.2) is 36.7 Å². The summed E-state index contributed by atoms with van der Waals surface area (Å²) in [5, 5.41) is 2.79. The number of nitrogens with one attached hydrogen (secondary N) is 1. The molecule has 2 amide bonds. The normalized spacial score (nSPS) is 15.7. The molecule has 0 aliphatic carbocycles. The van der Waals surface area contributed by atoms with Crippen LogP contribution < -0.4 is 16.0 Å². The lowest BCUT2D eigenvalue weighted by Gasteiger charge is -2.28. The maximum Gasteiger partial charge on any atom is 0.240 e. The van der Waals surface area contributed by atoms with E-state index in [2.05, 4.69) is 5.32 Å². The van der Waals surface area contributed by atoms with E-state index in [9.17, 15) is 9.59 Å². The Labute approximate surface area is 122 Å². The Kier molecular flexibility index (Phi) is 5.03. The number of carbonyl (C=O) groups is 2. The second kappa shape index (κ2) is 6.76. The number of nitrogens with zero attached hydrogens (tertiary/aromatic N) is 1. The molecule has 1 aromatic rings. The Balaban J connectivity index is 1.98. The van der Waals surface area contributed by atoms with E-state index in [4.69, 9.17) is 5.73 Å². The van der Waals surface area contributed by atoms with Crippen LogP contribution in [0, 0.1) is 0 Å². The summed E-state index contributed by atoms with van der Waals surface area (Å²) >= 11 is 1.51. The van der Waals surface area contributed by atoms with Gasteiger partial charge in [0, 0.05) is 17.5 Å². The molecule has 0 fully saturated rings. The minimum atomic E-state index is -0.152. The zero-order valence-corrected chi connectivity index (χ0v) is 12.3. The third kappa shape index (κ3) is 3.74. The first kappa shape index (κ1) is 14.9. The largest absolute Gasteiger partial charge is 0.354 e. The lowest BCUT2D eigenvalue weighted by molar-refractivity contribution is -0.123. The molecule has 3 N–H and O–H groups in total. The van der Waals surface area contributed by atoms with Crippen LogP contribution >= 0.6 is 11.8 Å². The number of hydrogen-bond donors (Lipinski definition) is 2. The monoisotopic (exact) mass is 293 g/mol. The molecule has 0 aromatic heterocycles. The highest BCUT2D eigenvalue weighted by Crippen LogP contribution is 2.34. The molecule has 0 spiro atoms. The van der Waals surface area contributed by atoms with E-state index in [1.165, 1.54) is 11.8 Å². The number of carbonyl (C=O) groups excluding carboxylic acids is 2. The molecule has 0 bridgehead atoms. The lowest BCUT2D eigenvalue weighted by Crippen LogP contribution is -2.43. The van der Waals surface area contributed by atoms with Crippen molar-refractivity contribution in [3.05, 3.63) is 24.3 Å². The summed E-state index contributed by atoms with van der Waals surface area (Å²) in [7, 11) is 0. The van der Waals surface area contributed by atoms with Crippen LogP contribution in [0.15, 0.2) is 29.2 Å². The smallest absolute Gasteiger partial charge is 0.240 e. The molecular formula is C14H19N3O2S. The van der Waals surface area contributed by atoms with Crippen molar-refractivity contribution in [3.63, 3.8) is 0 Å². The van der Waals surface area contributed by atoms with Gasteiger partial charge in [0.1, 0.15) is 6.54 Å². The average molecular weight is 293 g/mol. The second-order valence-electron chi connectivity index (χ2n) is 4.85. The van der Waals surface area contributed by atoms with Gasteiger partial charge in [-0.3, -0.25) is 9.59 Å². The molecule has 1 aliphatic rings. The Hall–Kier alpha value is -1.53. The lowest BCUT2D eigenvalue weighted by atomic mass is 10.2. The second-order valence-corrected chi connectivity index (χ2v) is 5.87. The molecule has 0 saturated heterocycles. The van der Waals surface area contributed by atoms with Crippen LogP contribution in [0.5, 0.6) is 0 Å². The van der Waals surface area contributed by atoms with E-state index in [0.717, 1.165) is 17.0 Å². The van der Waals surface area contributed by atoms with Crippen LogP contribution in [0.1, 0.15) is 13.3 Å². The third-order valence-electron chi connectivity index (χ3n) is 3.03. The summed E-state index contributed by atoms with van der Waals surface area (Å²) < 4.78 is 0. The molecule has 5 nitrogen and oxygen atoms in total. The quantitative estimate of drug-likeness (QED) is 0.848. The van der Waals surface area contributed by atoms with Crippen molar-refractivity contribution in [2.24, 2.45) is 5.73 Å². The van der Waals surface area contributed by atoms with Crippen LogP contribution in [0.2, 0.25) is 0 Å². The highest BCUT2D eigenvalue weighted by atomic mass is 32.2. The van der Waals surface area contributed by atoms with Gasteiger partial charge in [-0.05, 0) is 25.5 Å². The molecule has 108 valence electrons. The van der Waals surface area contributed by atoms with Crippen molar-refractivity contribution >= 4 is 29.3 Å². The van der Waals surface area contributed by atoms with Crippen molar-refractivity contribution < 1.29 is 9.59 Å². The average Bonchev–Trinajstić information content (AvgIpc) is 2.41. The SMILES string of the molecule is CC(N)CCNC(=O)CN1C(=O)CSc2ccccc21. The fraction of sp³-hybridized carbons (Fsp3) is 0.429. The summed E-state index contributed by atoms with van der Waals surface area (Å²) in [6, 6.07) is 7.70. The van der Waals surface area contributed by atoms with Crippen molar-refractivity contribution in [1.29, 1.82) is 0 Å². The maximum atomic E-state index is 12.0. The molecule has 1 aliphatic heterocycles. The Morgan fingerprint density at radius 3 is 3.00 bits per heavy atom. The highest BCUT2D eigenvalue weighted by Gasteiger charge is 2.25. The third-order valence-corrected chi connectivity index (χ3v) is 4.08. The van der Waals surface area contributed by atoms with E-state index in [-0.39, 0.29) is 24.4 Å². The Morgan fingerprint density at radius 1 is 1.50 bits per heavy atom. The molecule has 20 heavy (non-hydrogen) atoms. The maximum absolute atomic E-state index is 12.0. The highest BCUT2D eigenvalue weighted by molar-refractivity contribution is 8.00. The number of nitrogens with two attached hydrogens (primary N) is 1. The summed E-state index contributed by atoms with van der Waals surface area (Å²) in [6.45, 7) is 2.50. The van der Waals surface area contributed by atoms with Gasteiger partial charge in [-0.2, -0.15) is 0 Å². The van der Waals surface area contributed by atoms with Gasteiger partial charge in [-0.25, -0.2) is 0 Å². The van der Waals surface area contributed by atoms with Crippen molar-refractivity contribution in [2.45, 2.75) is 24.3 Å². The zero-order chi connectivity index (χ0) is 14.5. The van der Waals surface area contributed by atoms with E-state index < -0.39 is 0 Å². The van der Waals surface area contributed by atoms with Gasteiger partial charge in [0.15, 0.2) is 0 Å². The Bertz CT molecular complexity index is 505. The number of rotatable bonds is 5. The van der Waals surface area contributed by atoms with Gasteiger partial charge >= 0.3 is 0 Å². The van der Waals surface area contributed by atoms with Crippen LogP contribution in [0.4, 0.5) is 5.69 Å². The number of thioether (sulfide) groups is 1. The van der Waals surface area contributed by atoms with Crippen LogP contribution in [-0.2, 0) is 9.59 Å². The van der Waals surface area contributed by atoms with Crippen molar-refractivity contribution in [2.75, 3.05) is 23.7 Å². The van der Waals surface area contributed by atoms with Crippen LogP contribution in [0.25, 0.3) is 0 Å². The summed E-state index contributed by atoms with van der Waals surface area (Å²) in [5.41, 5.74) is 6.45. The van der Waals surface area contributed by atoms with Gasteiger partial charge < -0.3 is 16.0 Å². The molecule has 1 atom stereocenters. The van der Waals surface area contributed by atoms with Gasteiger partial charge in [0.25, 0.3) is 0 Å². The number of para-hydroxylation sites is 1. The first-order valence-corrected chi connectivity index (χ1v) is 7.61. The number of hydrogen-bond acceptors (Lipinski definition) is 4. The van der Waals surface area contributed by atoms with Gasteiger partial charge in [-0.15, -0.1) is 11.8 Å². The number of benzene rings is 1. The standard InChI is InChI=1S/C14H19N3O2S/c1-10(15)6-7-16-13(18)8-17-11-4-2-3-5-12(11)20-9-14(17)19/h2-5,10H,6-9,15H2,1H3,(H,16,18). The molecule has 2 rings (SSSR count). The predicted octanol–water partition coefficient (Wildman–Crippen LogP) is 0.979. The molecule has 1 aromatic carbocycles. The summed E-state index contributed by atoms with van der Waals surface area (Å²) in [4.78, 5) is 26.5. The first-order valence-electron chi connectivity index (χ1n) is 6.62. The fourth-order valence-electron chi connectivity index (χ4n) is 1.97. The molecule has 1 heterocycles. The molecular weight excluding hydrogens is 274 g/mol. The van der Waals surface area contributed by atoms with E-state index >= 15 is 0 Å². The fourth-order valence-corrected chi connectivity index (χ4v) is 2.90. The molecule has 6 heteroatoms.